The molecule has 68 heavy (non-hydrogen) atoms. The van der Waals surface area contributed by atoms with Gasteiger partial charge in [-0.2, -0.15) is 0 Å². The zero-order valence-electron chi connectivity index (χ0n) is 42.1. The number of carbonyl (C=O) groups is 9. The smallest absolute Gasteiger partial charge is 0.394 e. The third kappa shape index (κ3) is 29.0. The van der Waals surface area contributed by atoms with Crippen LogP contribution in [0.1, 0.15) is 161 Å². The highest BCUT2D eigenvalue weighted by Gasteiger charge is 2.41. The highest BCUT2D eigenvalue weighted by molar-refractivity contribution is 6.31. The van der Waals surface area contributed by atoms with E-state index >= 15 is 0 Å². The maximum Gasteiger partial charge on any atom is 0.394 e. The number of aromatic amines is 1. The molecule has 10 N–H and O–H groups in total. The van der Waals surface area contributed by atoms with Crippen LogP contribution in [-0.2, 0) is 59.0 Å². The van der Waals surface area contributed by atoms with Gasteiger partial charge < -0.3 is 52.3 Å². The molecule has 0 radical (unpaired) electrons. The molecule has 1 rings (SSSR count). The highest BCUT2D eigenvalue weighted by atomic mass is 16.5. The summed E-state index contributed by atoms with van der Waals surface area (Å²) in [6.45, 7) is 14.4. The summed E-state index contributed by atoms with van der Waals surface area (Å²) >= 11 is 0. The van der Waals surface area contributed by atoms with Crippen molar-refractivity contribution in [2.75, 3.05) is 46.6 Å². The number of carbonyl (C=O) groups excluding carboxylic acids is 8. The predicted octanol–water partition coefficient (Wildman–Crippen LogP) is 4.12. The minimum absolute atomic E-state index is 0. The molecule has 2 atom stereocenters. The third-order valence-electron chi connectivity index (χ3n) is 11.3. The Kier molecular flexibility index (Phi) is 31.7. The molecule has 0 saturated carbocycles. The van der Waals surface area contributed by atoms with E-state index in [1.807, 2.05) is 0 Å². The van der Waals surface area contributed by atoms with Crippen molar-refractivity contribution in [1.29, 1.82) is 0 Å². The number of ether oxygens (including phenoxy) is 2. The summed E-state index contributed by atoms with van der Waals surface area (Å²) in [4.78, 5) is 115. The van der Waals surface area contributed by atoms with Gasteiger partial charge in [-0.3, -0.25) is 38.4 Å². The fraction of sp³-hybridized carbons (Fsp3) is 0.750. The largest absolute Gasteiger partial charge is 0.474 e. The summed E-state index contributed by atoms with van der Waals surface area (Å²) in [5.74, 6) is -5.24. The van der Waals surface area contributed by atoms with E-state index in [0.717, 1.165) is 64.4 Å². The molecule has 0 unspecified atom stereocenters. The monoisotopic (exact) mass is 971 g/mol. The van der Waals surface area contributed by atoms with Gasteiger partial charge in [0.1, 0.15) is 18.2 Å². The zero-order chi connectivity index (χ0) is 51.8. The Balaban J connectivity index is -0.000000689. The maximum absolute atomic E-state index is 13.4. The van der Waals surface area contributed by atoms with Crippen LogP contribution in [0.5, 0.6) is 0 Å². The first-order valence-electron chi connectivity index (χ1n) is 23.9. The molecule has 5 amide bonds. The number of aliphatic carboxylic acids is 1. The Morgan fingerprint density at radius 2 is 1.31 bits per heavy atom. The quantitative estimate of drug-likeness (QED) is 0.0344. The van der Waals surface area contributed by atoms with Crippen LogP contribution in [0.15, 0.2) is 12.5 Å². The molecular weight excluding hydrogens is 881 g/mol. The standard InChI is InChI=1S/C30H50N6O7.C18H34N2O5.3H2/c1-28(2,22(37)12-19(26(32)41)10-8-9-11-34-25(40)17-43-7)14-23(38)29(3,4)15-24(39)30(5,6)36-27(42)21(31)13-20-16-33-18-35-20;1-2-14-25-15-13-19-16(21)11-9-7-5-3-4-6-8-10-12-20-17(22)18(23)24;;;/h16,18-19,21H,8-15,17,31H2,1-7H3,(H2,32,41)(H,33,35)(H,34,40)(H,36,42);2-15H2,1H3,(H,19,21)(H,20,22)(H,23,24);3*1H/t19-,21+;;;;/m1..../s1. The van der Waals surface area contributed by atoms with Crippen molar-refractivity contribution in [2.45, 2.75) is 169 Å². The van der Waals surface area contributed by atoms with Crippen LogP contribution in [0.2, 0.25) is 0 Å². The minimum atomic E-state index is -1.43. The van der Waals surface area contributed by atoms with E-state index in [2.05, 4.69) is 38.2 Å². The lowest BCUT2D eigenvalue weighted by Crippen LogP contribution is -2.56. The molecular formula is C48H90N8O12. The average molecular weight is 971 g/mol. The van der Waals surface area contributed by atoms with Gasteiger partial charge in [0.2, 0.25) is 23.6 Å². The average Bonchev–Trinajstić information content (AvgIpc) is 3.77. The van der Waals surface area contributed by atoms with Crippen molar-refractivity contribution < 1.29 is 62.0 Å². The molecule has 20 heteroatoms. The van der Waals surface area contributed by atoms with E-state index in [1.54, 1.807) is 47.7 Å². The Hall–Kier alpha value is -5.08. The molecule has 1 aromatic heterocycles. The second kappa shape index (κ2) is 34.2. The number of carboxylic acid groups (broad SMARTS) is 1. The van der Waals surface area contributed by atoms with Gasteiger partial charge >= 0.3 is 11.9 Å². The van der Waals surface area contributed by atoms with Crippen molar-refractivity contribution in [1.82, 2.24) is 31.2 Å². The van der Waals surface area contributed by atoms with Gasteiger partial charge in [0.15, 0.2) is 5.78 Å². The number of imidazole rings is 1. The van der Waals surface area contributed by atoms with Crippen molar-refractivity contribution >= 4 is 52.9 Å². The number of H-pyrrole nitrogens is 1. The first-order chi connectivity index (χ1) is 31.9. The molecule has 1 heterocycles. The van der Waals surface area contributed by atoms with E-state index in [9.17, 15) is 43.2 Å². The minimum Gasteiger partial charge on any atom is -0.474 e. The number of unbranched alkanes of at least 4 members (excludes halogenated alkanes) is 8. The number of aromatic nitrogens is 2. The van der Waals surface area contributed by atoms with Crippen molar-refractivity contribution in [3.05, 3.63) is 18.2 Å². The predicted molar refractivity (Wildman–Crippen MR) is 263 cm³/mol. The van der Waals surface area contributed by atoms with Crippen LogP contribution in [0.4, 0.5) is 0 Å². The van der Waals surface area contributed by atoms with Crippen LogP contribution in [0.25, 0.3) is 0 Å². The molecule has 0 aliphatic rings. The summed E-state index contributed by atoms with van der Waals surface area (Å²) in [7, 11) is 1.43. The highest BCUT2D eigenvalue weighted by Crippen LogP contribution is 2.34. The van der Waals surface area contributed by atoms with Crippen molar-refractivity contribution in [3.63, 3.8) is 0 Å². The number of amides is 5. The Bertz CT molecular complexity index is 1730. The van der Waals surface area contributed by atoms with E-state index in [4.69, 9.17) is 26.0 Å². The number of nitrogens with zero attached hydrogens (tertiary/aromatic N) is 1. The summed E-state index contributed by atoms with van der Waals surface area (Å²) < 4.78 is 10.0. The van der Waals surface area contributed by atoms with Crippen LogP contribution in [0.3, 0.4) is 0 Å². The number of Topliss-reactive ketones (excluding diaryl/α,β-unsaturated/α-hetero) is 3. The topological polar surface area (TPSA) is 321 Å². The molecule has 394 valence electrons. The Morgan fingerprint density at radius 3 is 1.88 bits per heavy atom. The molecule has 0 saturated heterocycles. The number of primary amides is 1. The van der Waals surface area contributed by atoms with Gasteiger partial charge in [0.05, 0.1) is 24.5 Å². The summed E-state index contributed by atoms with van der Waals surface area (Å²) in [5, 5.41) is 19.0. The molecule has 0 bridgehead atoms. The number of nitrogens with two attached hydrogens (primary N) is 2. The zero-order valence-corrected chi connectivity index (χ0v) is 42.1. The molecule has 1 aromatic rings. The molecule has 0 aliphatic heterocycles. The number of carboxylic acids is 1. The summed E-state index contributed by atoms with van der Waals surface area (Å²) in [6, 6.07) is -0.903. The molecule has 0 aromatic carbocycles. The van der Waals surface area contributed by atoms with E-state index in [0.29, 0.717) is 57.6 Å². The van der Waals surface area contributed by atoms with Gasteiger partial charge in [0.25, 0.3) is 0 Å². The van der Waals surface area contributed by atoms with Crippen LogP contribution >= 0.6 is 0 Å². The Morgan fingerprint density at radius 1 is 0.750 bits per heavy atom. The van der Waals surface area contributed by atoms with Crippen molar-refractivity contribution in [2.24, 2.45) is 28.2 Å². The van der Waals surface area contributed by atoms with Gasteiger partial charge in [0, 0.05) is 98.4 Å². The molecule has 0 fully saturated rings. The van der Waals surface area contributed by atoms with E-state index in [1.165, 1.54) is 13.4 Å². The molecule has 0 aliphatic carbocycles. The van der Waals surface area contributed by atoms with E-state index < -0.39 is 52.0 Å². The number of ketones is 3. The first kappa shape index (κ1) is 62.9. The van der Waals surface area contributed by atoms with Gasteiger partial charge in [-0.05, 0) is 46.0 Å². The van der Waals surface area contributed by atoms with Crippen LogP contribution in [0, 0.1) is 16.7 Å². The Labute approximate surface area is 407 Å². The SMILES string of the molecule is CCCOCCNC(=O)CCCCCCCCCCNC(=O)C(=O)O.COCC(=O)NCCCC[C@H](CC(=O)C(C)(C)CC(=O)C(C)(C)CC(=O)C(C)(C)NC(=O)[C@@H](N)Cc1cnc[nH]1)C(N)=O.[HH].[HH].[HH]. The molecule has 0 spiro atoms. The summed E-state index contributed by atoms with van der Waals surface area (Å²) in [5.41, 5.74) is 8.74. The summed E-state index contributed by atoms with van der Waals surface area (Å²) in [6.07, 6.45) is 14.2. The van der Waals surface area contributed by atoms with Gasteiger partial charge in [-0.15, -0.1) is 0 Å². The fourth-order valence-electron chi connectivity index (χ4n) is 6.77. The van der Waals surface area contributed by atoms with Gasteiger partial charge in [-0.25, -0.2) is 9.78 Å². The van der Waals surface area contributed by atoms with Crippen molar-refractivity contribution in [3.8, 4) is 0 Å². The van der Waals surface area contributed by atoms with Gasteiger partial charge in [-0.1, -0.05) is 79.6 Å². The first-order valence-corrected chi connectivity index (χ1v) is 23.9. The maximum atomic E-state index is 13.4. The lowest BCUT2D eigenvalue weighted by Gasteiger charge is -2.33. The van der Waals surface area contributed by atoms with Crippen LogP contribution in [-0.4, -0.2) is 126 Å². The normalized spacial score (nSPS) is 12.4. The number of rotatable bonds is 37. The van der Waals surface area contributed by atoms with E-state index in [-0.39, 0.29) is 65.7 Å². The fourth-order valence-corrected chi connectivity index (χ4v) is 6.77. The second-order valence-corrected chi connectivity index (χ2v) is 19.1. The molecule has 20 nitrogen and oxygen atoms in total. The number of hydrogen-bond donors (Lipinski definition) is 8. The third-order valence-corrected chi connectivity index (χ3v) is 11.3. The number of nitrogens with one attached hydrogen (secondary N) is 5. The number of methoxy groups -OCH3 is 1. The second-order valence-electron chi connectivity index (χ2n) is 19.1. The van der Waals surface area contributed by atoms with Crippen LogP contribution < -0.4 is 32.7 Å². The lowest BCUT2D eigenvalue weighted by atomic mass is 9.71. The number of hydrogen-bond acceptors (Lipinski definition) is 13. The lowest BCUT2D eigenvalue weighted by molar-refractivity contribution is -0.150.